The Balaban J connectivity index is 2.64. The average Bonchev–Trinajstić information content (AvgIpc) is 2.53. The lowest BCUT2D eigenvalue weighted by atomic mass is 10.2. The molecule has 1 radical (unpaired) electrons. The number of benzene rings is 1. The van der Waals surface area contributed by atoms with E-state index in [-0.39, 0.29) is 6.61 Å². The molecule has 0 aliphatic heterocycles. The Morgan fingerprint density at radius 2 is 1.96 bits per heavy atom. The molecule has 23 heavy (non-hydrogen) atoms. The number of nitrogens with zero attached hydrogens (tertiary/aromatic N) is 1. The summed E-state index contributed by atoms with van der Waals surface area (Å²) in [7, 11) is 0. The van der Waals surface area contributed by atoms with Gasteiger partial charge in [-0.3, -0.25) is 24.6 Å². The van der Waals surface area contributed by atoms with Crippen LogP contribution in [0.1, 0.15) is 18.9 Å². The molecule has 0 heterocycles. The minimum absolute atomic E-state index is 0.149. The molecule has 0 fully saturated rings. The van der Waals surface area contributed by atoms with Gasteiger partial charge in [0.15, 0.2) is 0 Å². The Kier molecular flexibility index (Phi) is 7.77. The smallest absolute Gasteiger partial charge is 0.315 e. The number of hydrogen-bond donors (Lipinski definition) is 1. The lowest BCUT2D eigenvalue weighted by molar-refractivity contribution is -0.148. The molecule has 0 unspecified atom stereocenters. The van der Waals surface area contributed by atoms with Gasteiger partial charge in [-0.25, -0.2) is 5.01 Å². The predicted octanol–water partition coefficient (Wildman–Crippen LogP) is 0.622. The van der Waals surface area contributed by atoms with Crippen molar-refractivity contribution in [2.45, 2.75) is 13.3 Å². The third-order valence-corrected chi connectivity index (χ3v) is 2.58. The van der Waals surface area contributed by atoms with Crippen LogP contribution in [-0.2, 0) is 23.9 Å². The van der Waals surface area contributed by atoms with E-state index in [2.05, 4.69) is 10.2 Å². The minimum Gasteiger partial charge on any atom is -0.466 e. The number of nitrogens with one attached hydrogen (secondary N) is 1. The fraction of sp³-hybridized carbons (Fsp3) is 0.250. The molecule has 2 amide bonds. The topological polar surface area (TPSA) is 92.8 Å². The zero-order valence-electron chi connectivity index (χ0n) is 12.7. The van der Waals surface area contributed by atoms with E-state index in [1.807, 2.05) is 18.2 Å². The highest BCUT2D eigenvalue weighted by atomic mass is 16.5. The van der Waals surface area contributed by atoms with Crippen molar-refractivity contribution in [3.8, 4) is 0 Å². The molecule has 1 aromatic rings. The monoisotopic (exact) mass is 317 g/mol. The molecule has 0 aliphatic rings. The van der Waals surface area contributed by atoms with Crippen LogP contribution in [0.5, 0.6) is 0 Å². The first-order valence-electron chi connectivity index (χ1n) is 6.91. The van der Waals surface area contributed by atoms with Gasteiger partial charge in [0.25, 0.3) is 5.91 Å². The maximum Gasteiger partial charge on any atom is 0.315 e. The summed E-state index contributed by atoms with van der Waals surface area (Å²) in [4.78, 5) is 45.3. The molecule has 1 aromatic carbocycles. The highest BCUT2D eigenvalue weighted by Gasteiger charge is 2.16. The second-order valence-electron chi connectivity index (χ2n) is 4.33. The Bertz CT molecular complexity index is 583. The average molecular weight is 317 g/mol. The first kappa shape index (κ1) is 18.1. The van der Waals surface area contributed by atoms with Crippen LogP contribution >= 0.6 is 0 Å². The molecule has 1 rings (SSSR count). The van der Waals surface area contributed by atoms with E-state index >= 15 is 0 Å². The Morgan fingerprint density at radius 1 is 1.26 bits per heavy atom. The van der Waals surface area contributed by atoms with Gasteiger partial charge in [0, 0.05) is 6.08 Å². The molecule has 7 heteroatoms. The summed E-state index contributed by atoms with van der Waals surface area (Å²) < 4.78 is 4.63. The van der Waals surface area contributed by atoms with E-state index < -0.39 is 30.7 Å². The van der Waals surface area contributed by atoms with Crippen molar-refractivity contribution >= 4 is 30.1 Å². The summed E-state index contributed by atoms with van der Waals surface area (Å²) in [6, 6.07) is 9.03. The van der Waals surface area contributed by atoms with Crippen LogP contribution in [0, 0.1) is 0 Å². The number of carbonyl (C=O) groups excluding carboxylic acids is 4. The van der Waals surface area contributed by atoms with Gasteiger partial charge >= 0.3 is 5.97 Å². The minimum atomic E-state index is -0.750. The van der Waals surface area contributed by atoms with Crippen LogP contribution in [0.2, 0.25) is 0 Å². The van der Waals surface area contributed by atoms with Gasteiger partial charge in [0.1, 0.15) is 13.0 Å². The molecule has 7 nitrogen and oxygen atoms in total. The summed E-state index contributed by atoms with van der Waals surface area (Å²) in [6.45, 7) is 1.31. The van der Waals surface area contributed by atoms with Gasteiger partial charge in [-0.2, -0.15) is 0 Å². The Morgan fingerprint density at radius 3 is 2.57 bits per heavy atom. The fourth-order valence-corrected chi connectivity index (χ4v) is 1.59. The molecule has 1 N–H and O–H groups in total. The standard InChI is InChI=1S/C16H17N2O5/c1-2-23-16(22)12-14(20)17-18(10-11-19)15(21)9-8-13-6-4-3-5-7-13/h3-9H,2,10,12H2,1H3,(H,17,20). The number of hydrazine groups is 1. The summed E-state index contributed by atoms with van der Waals surface area (Å²) >= 11 is 0. The molecule has 0 saturated heterocycles. The lowest BCUT2D eigenvalue weighted by Crippen LogP contribution is -2.47. The lowest BCUT2D eigenvalue weighted by Gasteiger charge is -2.18. The van der Waals surface area contributed by atoms with Crippen LogP contribution in [0.3, 0.4) is 0 Å². The second kappa shape index (κ2) is 9.88. The zero-order chi connectivity index (χ0) is 17.1. The number of carbonyl (C=O) groups is 3. The maximum absolute atomic E-state index is 12.0. The summed E-state index contributed by atoms with van der Waals surface area (Å²) in [5.74, 6) is -2.08. The van der Waals surface area contributed by atoms with Crippen molar-refractivity contribution in [1.29, 1.82) is 0 Å². The molecule has 0 saturated carbocycles. The highest BCUT2D eigenvalue weighted by molar-refractivity contribution is 5.97. The van der Waals surface area contributed by atoms with Gasteiger partial charge in [-0.1, -0.05) is 30.3 Å². The van der Waals surface area contributed by atoms with E-state index in [9.17, 15) is 19.2 Å². The summed E-state index contributed by atoms with van der Waals surface area (Å²) in [5, 5.41) is 0.772. The van der Waals surface area contributed by atoms with E-state index in [1.54, 1.807) is 19.1 Å². The van der Waals surface area contributed by atoms with Crippen molar-refractivity contribution < 1.29 is 23.9 Å². The summed E-state index contributed by atoms with van der Waals surface area (Å²) in [5.41, 5.74) is 2.96. The molecule has 0 spiro atoms. The number of ether oxygens (including phenoxy) is 1. The van der Waals surface area contributed by atoms with Crippen molar-refractivity contribution in [1.82, 2.24) is 10.4 Å². The largest absolute Gasteiger partial charge is 0.466 e. The number of rotatable bonds is 7. The molecule has 121 valence electrons. The van der Waals surface area contributed by atoms with E-state index in [1.165, 1.54) is 18.4 Å². The van der Waals surface area contributed by atoms with Crippen molar-refractivity contribution in [3.05, 3.63) is 42.0 Å². The molecule has 0 aromatic heterocycles. The number of esters is 1. The first-order valence-corrected chi connectivity index (χ1v) is 6.91. The van der Waals surface area contributed by atoms with Crippen LogP contribution < -0.4 is 5.43 Å². The fourth-order valence-electron chi connectivity index (χ4n) is 1.59. The van der Waals surface area contributed by atoms with Crippen LogP contribution in [0.15, 0.2) is 36.4 Å². The quantitative estimate of drug-likeness (QED) is 0.344. The molecule has 0 bridgehead atoms. The van der Waals surface area contributed by atoms with E-state index in [0.29, 0.717) is 0 Å². The Labute approximate surface area is 133 Å². The highest BCUT2D eigenvalue weighted by Crippen LogP contribution is 2.01. The summed E-state index contributed by atoms with van der Waals surface area (Å²) in [6.07, 6.45) is 3.72. The van der Waals surface area contributed by atoms with E-state index in [4.69, 9.17) is 0 Å². The number of hydrogen-bond acceptors (Lipinski definition) is 5. The van der Waals surface area contributed by atoms with Crippen molar-refractivity contribution in [2.75, 3.05) is 13.2 Å². The zero-order valence-corrected chi connectivity index (χ0v) is 12.7. The van der Waals surface area contributed by atoms with Crippen LogP contribution in [-0.4, -0.2) is 42.2 Å². The van der Waals surface area contributed by atoms with Gasteiger partial charge in [0.2, 0.25) is 12.2 Å². The number of amides is 2. The molecule has 0 aliphatic carbocycles. The Hall–Kier alpha value is -2.96. The van der Waals surface area contributed by atoms with Crippen molar-refractivity contribution in [2.24, 2.45) is 0 Å². The van der Waals surface area contributed by atoms with Crippen LogP contribution in [0.25, 0.3) is 6.08 Å². The molecular formula is C16H17N2O5. The van der Waals surface area contributed by atoms with E-state index in [0.717, 1.165) is 10.6 Å². The first-order chi connectivity index (χ1) is 11.1. The van der Waals surface area contributed by atoms with Gasteiger partial charge in [0.05, 0.1) is 6.61 Å². The van der Waals surface area contributed by atoms with Crippen LogP contribution in [0.4, 0.5) is 0 Å². The second-order valence-corrected chi connectivity index (χ2v) is 4.33. The SMILES string of the molecule is CCOC(=O)CC(=O)NN(C[C]=O)C(=O)C=Cc1ccccc1. The normalized spacial score (nSPS) is 10.1. The van der Waals surface area contributed by atoms with Gasteiger partial charge in [-0.15, -0.1) is 0 Å². The van der Waals surface area contributed by atoms with Gasteiger partial charge in [-0.05, 0) is 18.6 Å². The van der Waals surface area contributed by atoms with Gasteiger partial charge < -0.3 is 4.74 Å². The third-order valence-electron chi connectivity index (χ3n) is 2.58. The third kappa shape index (κ3) is 7.03. The molecular weight excluding hydrogens is 300 g/mol. The predicted molar refractivity (Wildman–Crippen MR) is 82.3 cm³/mol. The van der Waals surface area contributed by atoms with Crippen molar-refractivity contribution in [3.63, 3.8) is 0 Å². The molecule has 0 atom stereocenters. The maximum atomic E-state index is 12.0.